The van der Waals surface area contributed by atoms with E-state index >= 15 is 0 Å². The summed E-state index contributed by atoms with van der Waals surface area (Å²) in [6, 6.07) is 5.22. The number of aromatic nitrogens is 2. The molecule has 0 atom stereocenters. The zero-order chi connectivity index (χ0) is 24.9. The lowest BCUT2D eigenvalue weighted by molar-refractivity contribution is -0.134. The van der Waals surface area contributed by atoms with Crippen LogP contribution in [-0.4, -0.2) is 92.7 Å². The lowest BCUT2D eigenvalue weighted by Gasteiger charge is -2.47. The standard InChI is InChI=1S/C23H25Cl2N7O3/c1-2-21(33)32-13-16(14-32)30-6-8-31(9-7-30)22(34)20(29-35)11-15-10-17(24)18(25)12-19(15)28-23-26-4-3-5-27-23/h2-5,10,12,16,35H,1,6-9,11,13-14H2,(H,26,27,28)/b29-20-. The number of nitrogens with zero attached hydrogens (tertiary/aromatic N) is 6. The van der Waals surface area contributed by atoms with Crippen molar-refractivity contribution >= 4 is 52.4 Å². The highest BCUT2D eigenvalue weighted by Gasteiger charge is 2.36. The summed E-state index contributed by atoms with van der Waals surface area (Å²) in [5.74, 6) is -0.0625. The van der Waals surface area contributed by atoms with Crippen LogP contribution in [0.4, 0.5) is 11.6 Å². The number of piperazine rings is 1. The largest absolute Gasteiger partial charge is 0.410 e. The maximum atomic E-state index is 13.1. The summed E-state index contributed by atoms with van der Waals surface area (Å²) >= 11 is 12.4. The SMILES string of the molecule is C=CC(=O)N1CC(N2CCN(C(=O)/C(Cc3cc(Cl)c(Cl)cc3Nc3ncccn3)=N\O)CC2)C1. The Kier molecular flexibility index (Phi) is 7.84. The topological polar surface area (TPSA) is 114 Å². The highest BCUT2D eigenvalue weighted by Crippen LogP contribution is 2.31. The maximum Gasteiger partial charge on any atom is 0.272 e. The number of amides is 2. The molecular formula is C23H25Cl2N7O3. The van der Waals surface area contributed by atoms with Crippen LogP contribution in [-0.2, 0) is 16.0 Å². The molecule has 2 aliphatic rings. The van der Waals surface area contributed by atoms with Crippen molar-refractivity contribution in [3.8, 4) is 0 Å². The van der Waals surface area contributed by atoms with Crippen LogP contribution < -0.4 is 5.32 Å². The van der Waals surface area contributed by atoms with Gasteiger partial charge in [-0.1, -0.05) is 34.9 Å². The second-order valence-electron chi connectivity index (χ2n) is 8.27. The van der Waals surface area contributed by atoms with Gasteiger partial charge in [0.2, 0.25) is 11.9 Å². The van der Waals surface area contributed by atoms with Crippen LogP contribution in [0, 0.1) is 0 Å². The second-order valence-corrected chi connectivity index (χ2v) is 9.09. The van der Waals surface area contributed by atoms with Gasteiger partial charge in [0.05, 0.1) is 10.0 Å². The monoisotopic (exact) mass is 517 g/mol. The van der Waals surface area contributed by atoms with Crippen molar-refractivity contribution in [3.05, 3.63) is 58.9 Å². The molecule has 0 unspecified atom stereocenters. The molecule has 2 saturated heterocycles. The number of carbonyl (C=O) groups excluding carboxylic acids is 2. The number of nitrogens with one attached hydrogen (secondary N) is 1. The third-order valence-corrected chi connectivity index (χ3v) is 6.87. The summed E-state index contributed by atoms with van der Waals surface area (Å²) in [7, 11) is 0. The van der Waals surface area contributed by atoms with Crippen molar-refractivity contribution < 1.29 is 14.8 Å². The fourth-order valence-electron chi connectivity index (χ4n) is 4.14. The Hall–Kier alpha value is -3.21. The molecule has 3 heterocycles. The molecule has 2 fully saturated rings. The zero-order valence-corrected chi connectivity index (χ0v) is 20.4. The fraction of sp³-hybridized carbons (Fsp3) is 0.348. The van der Waals surface area contributed by atoms with Crippen LogP contribution in [0.15, 0.2) is 48.4 Å². The molecule has 0 aliphatic carbocycles. The first kappa shape index (κ1) is 24.9. The Morgan fingerprint density at radius 3 is 2.40 bits per heavy atom. The second kappa shape index (κ2) is 11.0. The van der Waals surface area contributed by atoms with Gasteiger partial charge in [-0.3, -0.25) is 14.5 Å². The van der Waals surface area contributed by atoms with Gasteiger partial charge in [-0.05, 0) is 29.8 Å². The number of halogens is 2. The van der Waals surface area contributed by atoms with Gasteiger partial charge in [0.25, 0.3) is 5.91 Å². The van der Waals surface area contributed by atoms with E-state index in [1.165, 1.54) is 6.08 Å². The van der Waals surface area contributed by atoms with Crippen molar-refractivity contribution in [2.75, 3.05) is 44.6 Å². The van der Waals surface area contributed by atoms with Gasteiger partial charge >= 0.3 is 0 Å². The molecule has 4 rings (SSSR count). The minimum atomic E-state index is -0.350. The minimum Gasteiger partial charge on any atom is -0.410 e. The lowest BCUT2D eigenvalue weighted by Crippen LogP contribution is -2.64. The summed E-state index contributed by atoms with van der Waals surface area (Å²) in [6.45, 7) is 7.19. The molecule has 184 valence electrons. The van der Waals surface area contributed by atoms with Crippen LogP contribution in [0.1, 0.15) is 5.56 Å². The number of hydrogen-bond donors (Lipinski definition) is 2. The maximum absolute atomic E-state index is 13.1. The van der Waals surface area contributed by atoms with Gasteiger partial charge in [-0.25, -0.2) is 9.97 Å². The molecule has 2 amide bonds. The van der Waals surface area contributed by atoms with E-state index in [1.54, 1.807) is 40.4 Å². The highest BCUT2D eigenvalue weighted by atomic mass is 35.5. The number of anilines is 2. The summed E-state index contributed by atoms with van der Waals surface area (Å²) in [5.41, 5.74) is 1.14. The van der Waals surface area contributed by atoms with E-state index in [-0.39, 0.29) is 30.0 Å². The molecule has 1 aromatic heterocycles. The van der Waals surface area contributed by atoms with Gasteiger partial charge in [0.1, 0.15) is 5.71 Å². The molecular weight excluding hydrogens is 493 g/mol. The van der Waals surface area contributed by atoms with E-state index in [1.807, 2.05) is 0 Å². The highest BCUT2D eigenvalue weighted by molar-refractivity contribution is 6.42. The van der Waals surface area contributed by atoms with E-state index in [4.69, 9.17) is 23.2 Å². The fourth-order valence-corrected chi connectivity index (χ4v) is 4.49. The van der Waals surface area contributed by atoms with Crippen LogP contribution in [0.5, 0.6) is 0 Å². The van der Waals surface area contributed by atoms with Gasteiger partial charge < -0.3 is 20.3 Å². The first-order valence-corrected chi connectivity index (χ1v) is 11.8. The third-order valence-electron chi connectivity index (χ3n) is 6.15. The molecule has 0 saturated carbocycles. The quantitative estimate of drug-likeness (QED) is 0.251. The third kappa shape index (κ3) is 5.72. The van der Waals surface area contributed by atoms with Gasteiger partial charge in [-0.2, -0.15) is 0 Å². The van der Waals surface area contributed by atoms with Gasteiger partial charge in [0, 0.05) is 69.8 Å². The first-order valence-electron chi connectivity index (χ1n) is 11.1. The van der Waals surface area contributed by atoms with Crippen molar-refractivity contribution in [1.29, 1.82) is 0 Å². The van der Waals surface area contributed by atoms with Crippen molar-refractivity contribution in [3.63, 3.8) is 0 Å². The summed E-state index contributed by atoms with van der Waals surface area (Å²) < 4.78 is 0. The molecule has 35 heavy (non-hydrogen) atoms. The molecule has 1 aromatic carbocycles. The Morgan fingerprint density at radius 2 is 1.77 bits per heavy atom. The van der Waals surface area contributed by atoms with Crippen LogP contribution in [0.2, 0.25) is 10.0 Å². The van der Waals surface area contributed by atoms with E-state index in [0.29, 0.717) is 66.5 Å². The first-order chi connectivity index (χ1) is 16.9. The smallest absolute Gasteiger partial charge is 0.272 e. The van der Waals surface area contributed by atoms with E-state index in [0.717, 1.165) is 0 Å². The molecule has 2 aliphatic heterocycles. The summed E-state index contributed by atoms with van der Waals surface area (Å²) in [4.78, 5) is 38.8. The van der Waals surface area contributed by atoms with Gasteiger partial charge in [0.15, 0.2) is 0 Å². The zero-order valence-electron chi connectivity index (χ0n) is 18.9. The normalized spacial score (nSPS) is 17.1. The minimum absolute atomic E-state index is 0.0136. The van der Waals surface area contributed by atoms with Crippen molar-refractivity contribution in [2.45, 2.75) is 12.5 Å². The predicted molar refractivity (Wildman–Crippen MR) is 133 cm³/mol. The van der Waals surface area contributed by atoms with E-state index in [9.17, 15) is 14.8 Å². The number of likely N-dealkylation sites (tertiary alicyclic amines) is 1. The Bertz CT molecular complexity index is 1130. The number of rotatable bonds is 7. The summed E-state index contributed by atoms with van der Waals surface area (Å²) in [6.07, 6.45) is 4.54. The van der Waals surface area contributed by atoms with Gasteiger partial charge in [-0.15, -0.1) is 0 Å². The number of hydrogen-bond acceptors (Lipinski definition) is 8. The summed E-state index contributed by atoms with van der Waals surface area (Å²) in [5, 5.41) is 16.7. The predicted octanol–water partition coefficient (Wildman–Crippen LogP) is 2.44. The Balaban J connectivity index is 1.39. The Labute approximate surface area is 212 Å². The van der Waals surface area contributed by atoms with Crippen molar-refractivity contribution in [1.82, 2.24) is 24.7 Å². The molecule has 0 radical (unpaired) electrons. The van der Waals surface area contributed by atoms with Crippen LogP contribution in [0.3, 0.4) is 0 Å². The van der Waals surface area contributed by atoms with Crippen LogP contribution >= 0.6 is 23.2 Å². The van der Waals surface area contributed by atoms with E-state index < -0.39 is 0 Å². The number of oxime groups is 1. The number of benzene rings is 1. The lowest BCUT2D eigenvalue weighted by atomic mass is 10.0. The Morgan fingerprint density at radius 1 is 1.11 bits per heavy atom. The molecule has 12 heteroatoms. The molecule has 2 aromatic rings. The van der Waals surface area contributed by atoms with Crippen LogP contribution in [0.25, 0.3) is 0 Å². The van der Waals surface area contributed by atoms with Crippen molar-refractivity contribution in [2.24, 2.45) is 5.16 Å². The molecule has 0 bridgehead atoms. The molecule has 0 spiro atoms. The van der Waals surface area contributed by atoms with E-state index in [2.05, 4.69) is 31.9 Å². The number of carbonyl (C=O) groups is 2. The molecule has 2 N–H and O–H groups in total. The molecule has 10 nitrogen and oxygen atoms in total. The average Bonchev–Trinajstić information content (AvgIpc) is 2.85. The average molecular weight is 518 g/mol.